The molecular weight excluding hydrogens is 672 g/mol. The second-order valence-electron chi connectivity index (χ2n) is 14.3. The van der Waals surface area contributed by atoms with Gasteiger partial charge in [-0.2, -0.15) is 0 Å². The minimum atomic E-state index is -0.903. The van der Waals surface area contributed by atoms with Crippen LogP contribution in [0.4, 0.5) is 0 Å². The molecule has 0 amide bonds. The molecule has 7 heteroatoms. The van der Waals surface area contributed by atoms with Gasteiger partial charge in [0, 0.05) is 25.2 Å². The van der Waals surface area contributed by atoms with E-state index in [1.54, 1.807) is 0 Å². The van der Waals surface area contributed by atoms with Crippen molar-refractivity contribution < 1.29 is 51.7 Å². The second-order valence-corrected chi connectivity index (χ2v) is 14.3. The number of aliphatic hydroxyl groups excluding tert-OH is 2. The fourth-order valence-electron chi connectivity index (χ4n) is 5.60. The van der Waals surface area contributed by atoms with Crippen LogP contribution in [-0.2, 0) is 31.3 Å². The first-order valence-electron chi connectivity index (χ1n) is 22.0. The summed E-state index contributed by atoms with van der Waals surface area (Å²) in [4.78, 5) is 20.4. The fraction of sp³-hybridized carbons (Fsp3) is 0.955. The molecule has 0 aliphatic heterocycles. The predicted octanol–water partition coefficient (Wildman–Crippen LogP) is 11.6. The summed E-state index contributed by atoms with van der Waals surface area (Å²) in [6.07, 6.45) is 43.8. The third-order valence-corrected chi connectivity index (χ3v) is 8.99. The molecule has 0 aliphatic rings. The molecule has 0 fully saturated rings. The van der Waals surface area contributed by atoms with Crippen LogP contribution in [-0.4, -0.2) is 35.4 Å². The van der Waals surface area contributed by atoms with Crippen molar-refractivity contribution in [1.82, 2.24) is 0 Å². The van der Waals surface area contributed by atoms with Crippen LogP contribution in [0.1, 0.15) is 259 Å². The SMILES string of the molecule is CCCCCCCCCCCCCCCCCC(=O)[O-].CCCCCCCCCCCCCCCCCC(=O)[O-].CCCCO.CCCCO.[Ti+2]. The predicted molar refractivity (Wildman–Crippen MR) is 213 cm³/mol. The molecule has 0 atom stereocenters. The first-order valence-corrected chi connectivity index (χ1v) is 22.0. The standard InChI is InChI=1S/2C18H36O2.2C4H10O.Ti/c2*1-2-3-4-5-6-7-8-9-10-11-12-13-14-15-16-17-18(19)20;2*1-2-3-4-5;/h2*2-17H2,1H3,(H,19,20);2*5H,2-4H2,1H3;/q;;;;+2/p-2. The zero-order valence-corrected chi connectivity index (χ0v) is 36.5. The molecule has 0 bridgehead atoms. The summed E-state index contributed by atoms with van der Waals surface area (Å²) in [5.74, 6) is -1.81. The first-order chi connectivity index (χ1) is 24.4. The average Bonchev–Trinajstić information content (AvgIpc) is 3.09. The maximum absolute atomic E-state index is 10.2. The van der Waals surface area contributed by atoms with Gasteiger partial charge in [0.1, 0.15) is 0 Å². The molecule has 0 unspecified atom stereocenters. The number of hydrogen-bond acceptors (Lipinski definition) is 6. The van der Waals surface area contributed by atoms with E-state index in [9.17, 15) is 19.8 Å². The van der Waals surface area contributed by atoms with Crippen molar-refractivity contribution in [3.63, 3.8) is 0 Å². The van der Waals surface area contributed by atoms with E-state index in [2.05, 4.69) is 27.7 Å². The van der Waals surface area contributed by atoms with Gasteiger partial charge in [0.05, 0.1) is 0 Å². The van der Waals surface area contributed by atoms with Gasteiger partial charge in [-0.15, -0.1) is 0 Å². The molecule has 0 spiro atoms. The van der Waals surface area contributed by atoms with Crippen LogP contribution in [0.15, 0.2) is 0 Å². The number of carboxylic acid groups (broad SMARTS) is 2. The maximum atomic E-state index is 10.2. The van der Waals surface area contributed by atoms with Gasteiger partial charge in [0.15, 0.2) is 0 Å². The van der Waals surface area contributed by atoms with E-state index in [1.807, 2.05) is 0 Å². The van der Waals surface area contributed by atoms with E-state index in [0.29, 0.717) is 13.2 Å². The van der Waals surface area contributed by atoms with E-state index in [0.717, 1.165) is 51.4 Å². The molecule has 0 saturated carbocycles. The zero-order chi connectivity index (χ0) is 38.0. The number of carbonyl (C=O) groups excluding carboxylic acids is 2. The van der Waals surface area contributed by atoms with E-state index in [-0.39, 0.29) is 34.6 Å². The number of rotatable bonds is 36. The Hall–Kier alpha value is -0.426. The van der Waals surface area contributed by atoms with Gasteiger partial charge in [-0.05, 0) is 38.5 Å². The van der Waals surface area contributed by atoms with Crippen molar-refractivity contribution in [3.05, 3.63) is 0 Å². The maximum Gasteiger partial charge on any atom is 2.00 e. The molecule has 306 valence electrons. The van der Waals surface area contributed by atoms with Crippen molar-refractivity contribution in [2.24, 2.45) is 0 Å². The number of carboxylic acids is 2. The number of unbranched alkanes of at least 4 members (excludes halogenated alkanes) is 30. The Bertz CT molecular complexity index is 536. The third kappa shape index (κ3) is 79.5. The molecule has 0 heterocycles. The average molecular weight is 763 g/mol. The van der Waals surface area contributed by atoms with E-state index >= 15 is 0 Å². The molecule has 0 radical (unpaired) electrons. The Balaban J connectivity index is -0.000000215. The van der Waals surface area contributed by atoms with E-state index in [4.69, 9.17) is 10.2 Å². The quantitative estimate of drug-likeness (QED) is 0.0484. The Morgan fingerprint density at radius 2 is 0.471 bits per heavy atom. The molecule has 0 aromatic heterocycles. The van der Waals surface area contributed by atoms with Gasteiger partial charge >= 0.3 is 21.7 Å². The summed E-state index contributed by atoms with van der Waals surface area (Å²) < 4.78 is 0. The van der Waals surface area contributed by atoms with Gasteiger partial charge in [0.25, 0.3) is 0 Å². The van der Waals surface area contributed by atoms with Crippen LogP contribution in [0.2, 0.25) is 0 Å². The summed E-state index contributed by atoms with van der Waals surface area (Å²) in [6.45, 7) is 9.33. The molecular formula is C44H90O6Ti. The van der Waals surface area contributed by atoms with Crippen molar-refractivity contribution in [2.45, 2.75) is 259 Å². The zero-order valence-electron chi connectivity index (χ0n) is 34.9. The minimum Gasteiger partial charge on any atom is -0.550 e. The van der Waals surface area contributed by atoms with Gasteiger partial charge < -0.3 is 30.0 Å². The van der Waals surface area contributed by atoms with Crippen LogP contribution in [0.25, 0.3) is 0 Å². The fourth-order valence-corrected chi connectivity index (χ4v) is 5.60. The van der Waals surface area contributed by atoms with Crippen LogP contribution in [0.5, 0.6) is 0 Å². The van der Waals surface area contributed by atoms with Crippen molar-refractivity contribution >= 4 is 11.9 Å². The van der Waals surface area contributed by atoms with Gasteiger partial charge in [-0.1, -0.05) is 220 Å². The summed E-state index contributed by atoms with van der Waals surface area (Å²) in [5, 5.41) is 36.6. The first kappa shape index (κ1) is 59.8. The summed E-state index contributed by atoms with van der Waals surface area (Å²) >= 11 is 0. The van der Waals surface area contributed by atoms with Crippen molar-refractivity contribution in [3.8, 4) is 0 Å². The molecule has 0 aliphatic carbocycles. The van der Waals surface area contributed by atoms with Gasteiger partial charge in [-0.3, -0.25) is 0 Å². The van der Waals surface area contributed by atoms with Gasteiger partial charge in [0.2, 0.25) is 0 Å². The largest absolute Gasteiger partial charge is 2.00 e. The number of carbonyl (C=O) groups is 2. The molecule has 0 aromatic rings. The molecule has 0 rings (SSSR count). The summed E-state index contributed by atoms with van der Waals surface area (Å²) in [5.41, 5.74) is 0. The van der Waals surface area contributed by atoms with E-state index in [1.165, 1.54) is 167 Å². The van der Waals surface area contributed by atoms with Crippen LogP contribution < -0.4 is 10.2 Å². The molecule has 51 heavy (non-hydrogen) atoms. The monoisotopic (exact) mass is 763 g/mol. The normalized spacial score (nSPS) is 10.2. The van der Waals surface area contributed by atoms with Crippen molar-refractivity contribution in [2.75, 3.05) is 13.2 Å². The number of hydrogen-bond donors (Lipinski definition) is 2. The molecule has 6 nitrogen and oxygen atoms in total. The molecule has 2 N–H and O–H groups in total. The summed E-state index contributed by atoms with van der Waals surface area (Å²) in [7, 11) is 0. The molecule has 0 saturated heterocycles. The Labute approximate surface area is 334 Å². The van der Waals surface area contributed by atoms with Crippen molar-refractivity contribution in [1.29, 1.82) is 0 Å². The third-order valence-electron chi connectivity index (χ3n) is 8.99. The topological polar surface area (TPSA) is 121 Å². The number of aliphatic carboxylic acids is 2. The van der Waals surface area contributed by atoms with E-state index < -0.39 is 11.9 Å². The van der Waals surface area contributed by atoms with Crippen LogP contribution in [0, 0.1) is 0 Å². The number of aliphatic hydroxyl groups is 2. The molecule has 0 aromatic carbocycles. The van der Waals surface area contributed by atoms with Gasteiger partial charge in [-0.25, -0.2) is 0 Å². The Morgan fingerprint density at radius 1 is 0.314 bits per heavy atom. The van der Waals surface area contributed by atoms with Crippen LogP contribution in [0.3, 0.4) is 0 Å². The smallest absolute Gasteiger partial charge is 0.550 e. The second kappa shape index (κ2) is 61.6. The summed E-state index contributed by atoms with van der Waals surface area (Å²) in [6, 6.07) is 0. The minimum absolute atomic E-state index is 0. The Kier molecular flexibility index (Phi) is 72.3. The van der Waals surface area contributed by atoms with Crippen LogP contribution >= 0.6 is 0 Å². The Morgan fingerprint density at radius 3 is 0.588 bits per heavy atom.